The number of morpholine rings is 1. The molecule has 0 aromatic carbocycles. The summed E-state index contributed by atoms with van der Waals surface area (Å²) < 4.78 is 5.30. The molecule has 1 heterocycles. The third kappa shape index (κ3) is 1.87. The predicted octanol–water partition coefficient (Wildman–Crippen LogP) is 1.67. The lowest BCUT2D eigenvalue weighted by Gasteiger charge is -2.41. The summed E-state index contributed by atoms with van der Waals surface area (Å²) in [6, 6.07) is 0. The van der Waals surface area contributed by atoms with Crippen LogP contribution in [0.1, 0.15) is 20.8 Å². The van der Waals surface area contributed by atoms with Crippen LogP contribution >= 0.6 is 0 Å². The van der Waals surface area contributed by atoms with Crippen molar-refractivity contribution in [2.75, 3.05) is 26.3 Å². The molecule has 1 aliphatic heterocycles. The van der Waals surface area contributed by atoms with Crippen molar-refractivity contribution in [2.45, 2.75) is 26.3 Å². The van der Waals surface area contributed by atoms with Gasteiger partial charge in [-0.2, -0.15) is 0 Å². The third-order valence-corrected chi connectivity index (χ3v) is 2.85. The second-order valence-electron chi connectivity index (χ2n) is 3.94. The smallest absolute Gasteiger partial charge is 0.0594 e. The summed E-state index contributed by atoms with van der Waals surface area (Å²) in [4.78, 5) is 2.43. The van der Waals surface area contributed by atoms with E-state index >= 15 is 0 Å². The van der Waals surface area contributed by atoms with Crippen molar-refractivity contribution >= 4 is 0 Å². The molecule has 1 aliphatic rings. The maximum atomic E-state index is 5.30. The monoisotopic (exact) mass is 169 g/mol. The summed E-state index contributed by atoms with van der Waals surface area (Å²) in [7, 11) is 0. The Balaban J connectivity index is 2.59. The van der Waals surface area contributed by atoms with Crippen molar-refractivity contribution in [2.24, 2.45) is 0 Å². The van der Waals surface area contributed by atoms with E-state index in [4.69, 9.17) is 4.74 Å². The van der Waals surface area contributed by atoms with Gasteiger partial charge in [-0.15, -0.1) is 0 Å². The van der Waals surface area contributed by atoms with Crippen molar-refractivity contribution in [3.8, 4) is 0 Å². The summed E-state index contributed by atoms with van der Waals surface area (Å²) in [5.74, 6) is 0. The standard InChI is InChI=1S/C10H19NO/c1-9(2)10(3,4)11-5-7-12-8-6-11/h1,5-8H2,2-4H3. The second-order valence-corrected chi connectivity index (χ2v) is 3.94. The molecule has 0 aliphatic carbocycles. The Hall–Kier alpha value is -0.340. The van der Waals surface area contributed by atoms with E-state index in [9.17, 15) is 0 Å². The molecule has 1 rings (SSSR count). The van der Waals surface area contributed by atoms with Gasteiger partial charge in [0, 0.05) is 18.6 Å². The lowest BCUT2D eigenvalue weighted by Crippen LogP contribution is -2.50. The molecule has 0 aromatic heterocycles. The molecule has 2 nitrogen and oxygen atoms in total. The van der Waals surface area contributed by atoms with Crippen molar-refractivity contribution in [1.29, 1.82) is 0 Å². The van der Waals surface area contributed by atoms with E-state index in [2.05, 4.69) is 32.3 Å². The normalized spacial score (nSPS) is 20.9. The molecule has 0 radical (unpaired) electrons. The second kappa shape index (κ2) is 3.58. The van der Waals surface area contributed by atoms with E-state index in [1.807, 2.05) is 0 Å². The summed E-state index contributed by atoms with van der Waals surface area (Å²) in [5.41, 5.74) is 1.36. The van der Waals surface area contributed by atoms with Crippen molar-refractivity contribution in [3.05, 3.63) is 12.2 Å². The Bertz CT molecular complexity index is 169. The van der Waals surface area contributed by atoms with Crippen LogP contribution < -0.4 is 0 Å². The van der Waals surface area contributed by atoms with Crippen LogP contribution in [0.15, 0.2) is 12.2 Å². The minimum Gasteiger partial charge on any atom is -0.379 e. The fourth-order valence-electron chi connectivity index (χ4n) is 1.39. The molecule has 0 N–H and O–H groups in total. The third-order valence-electron chi connectivity index (χ3n) is 2.85. The van der Waals surface area contributed by atoms with Crippen LogP contribution in [0.3, 0.4) is 0 Å². The maximum Gasteiger partial charge on any atom is 0.0594 e. The Morgan fingerprint density at radius 1 is 1.33 bits per heavy atom. The van der Waals surface area contributed by atoms with Gasteiger partial charge in [0.05, 0.1) is 13.2 Å². The Kier molecular flexibility index (Phi) is 2.91. The highest BCUT2D eigenvalue weighted by molar-refractivity contribution is 5.10. The maximum absolute atomic E-state index is 5.30. The van der Waals surface area contributed by atoms with Gasteiger partial charge in [0.2, 0.25) is 0 Å². The van der Waals surface area contributed by atoms with Gasteiger partial charge in [0.25, 0.3) is 0 Å². The van der Waals surface area contributed by atoms with Crippen molar-refractivity contribution < 1.29 is 4.74 Å². The predicted molar refractivity (Wildman–Crippen MR) is 51.3 cm³/mol. The minimum absolute atomic E-state index is 0.129. The molecular formula is C10H19NO. The molecule has 0 atom stereocenters. The SMILES string of the molecule is C=C(C)C(C)(C)N1CCOCC1. The molecule has 2 heteroatoms. The summed E-state index contributed by atoms with van der Waals surface area (Å²) >= 11 is 0. The number of hydrogen-bond donors (Lipinski definition) is 0. The molecule has 0 saturated carbocycles. The lowest BCUT2D eigenvalue weighted by molar-refractivity contribution is 0.00162. The molecule has 70 valence electrons. The zero-order valence-corrected chi connectivity index (χ0v) is 8.39. The first-order valence-electron chi connectivity index (χ1n) is 4.54. The van der Waals surface area contributed by atoms with E-state index in [1.54, 1.807) is 0 Å². The van der Waals surface area contributed by atoms with Crippen molar-refractivity contribution in [1.82, 2.24) is 4.90 Å². The molecule has 0 unspecified atom stereocenters. The largest absolute Gasteiger partial charge is 0.379 e. The van der Waals surface area contributed by atoms with Gasteiger partial charge in [0.15, 0.2) is 0 Å². The highest BCUT2D eigenvalue weighted by Crippen LogP contribution is 2.22. The summed E-state index contributed by atoms with van der Waals surface area (Å²) in [5, 5.41) is 0. The molecule has 1 fully saturated rings. The minimum atomic E-state index is 0.129. The zero-order valence-electron chi connectivity index (χ0n) is 8.39. The summed E-state index contributed by atoms with van der Waals surface area (Å²) in [6.45, 7) is 14.3. The highest BCUT2D eigenvalue weighted by Gasteiger charge is 2.28. The van der Waals surface area contributed by atoms with Gasteiger partial charge in [-0.25, -0.2) is 0 Å². The molecule has 12 heavy (non-hydrogen) atoms. The number of hydrogen-bond acceptors (Lipinski definition) is 2. The van der Waals surface area contributed by atoms with Crippen LogP contribution in [0.4, 0.5) is 0 Å². The Morgan fingerprint density at radius 3 is 2.25 bits per heavy atom. The molecule has 0 amide bonds. The topological polar surface area (TPSA) is 12.5 Å². The number of nitrogens with zero attached hydrogens (tertiary/aromatic N) is 1. The molecule has 0 spiro atoms. The zero-order chi connectivity index (χ0) is 9.19. The van der Waals surface area contributed by atoms with Crippen LogP contribution in [-0.4, -0.2) is 36.7 Å². The number of ether oxygens (including phenoxy) is 1. The first-order valence-corrected chi connectivity index (χ1v) is 4.54. The van der Waals surface area contributed by atoms with Gasteiger partial charge in [-0.3, -0.25) is 4.90 Å². The fraction of sp³-hybridized carbons (Fsp3) is 0.800. The Labute approximate surface area is 75.2 Å². The Morgan fingerprint density at radius 2 is 1.83 bits per heavy atom. The van der Waals surface area contributed by atoms with E-state index in [1.165, 1.54) is 5.57 Å². The highest BCUT2D eigenvalue weighted by atomic mass is 16.5. The first kappa shape index (κ1) is 9.75. The quantitative estimate of drug-likeness (QED) is 0.583. The number of rotatable bonds is 2. The molecular weight excluding hydrogens is 150 g/mol. The average Bonchev–Trinajstić information content (AvgIpc) is 2.06. The van der Waals surface area contributed by atoms with Crippen LogP contribution in [-0.2, 0) is 4.74 Å². The van der Waals surface area contributed by atoms with Gasteiger partial charge in [-0.1, -0.05) is 12.2 Å². The van der Waals surface area contributed by atoms with Crippen LogP contribution in [0.5, 0.6) is 0 Å². The van der Waals surface area contributed by atoms with Gasteiger partial charge < -0.3 is 4.74 Å². The summed E-state index contributed by atoms with van der Waals surface area (Å²) in [6.07, 6.45) is 0. The van der Waals surface area contributed by atoms with E-state index in [-0.39, 0.29) is 5.54 Å². The first-order chi connectivity index (χ1) is 5.55. The van der Waals surface area contributed by atoms with Crippen LogP contribution in [0.2, 0.25) is 0 Å². The fourth-order valence-corrected chi connectivity index (χ4v) is 1.39. The van der Waals surface area contributed by atoms with Gasteiger partial charge >= 0.3 is 0 Å². The average molecular weight is 169 g/mol. The van der Waals surface area contributed by atoms with E-state index in [0.29, 0.717) is 0 Å². The van der Waals surface area contributed by atoms with Crippen molar-refractivity contribution in [3.63, 3.8) is 0 Å². The van der Waals surface area contributed by atoms with Crippen LogP contribution in [0.25, 0.3) is 0 Å². The van der Waals surface area contributed by atoms with Gasteiger partial charge in [0.1, 0.15) is 0 Å². The van der Waals surface area contributed by atoms with Crippen LogP contribution in [0, 0.1) is 0 Å². The lowest BCUT2D eigenvalue weighted by atomic mass is 9.94. The molecule has 0 aromatic rings. The van der Waals surface area contributed by atoms with E-state index in [0.717, 1.165) is 26.3 Å². The molecule has 0 bridgehead atoms. The van der Waals surface area contributed by atoms with E-state index < -0.39 is 0 Å². The molecule has 1 saturated heterocycles. The van der Waals surface area contributed by atoms with Gasteiger partial charge in [-0.05, 0) is 20.8 Å².